The Morgan fingerprint density at radius 1 is 1.26 bits per heavy atom. The van der Waals surface area contributed by atoms with Crippen LogP contribution in [0.25, 0.3) is 0 Å². The maximum absolute atomic E-state index is 11.9. The predicted octanol–water partition coefficient (Wildman–Crippen LogP) is 1.01. The number of hydrogen-bond donors (Lipinski definition) is 2. The number of thiophene rings is 1. The Hall–Kier alpha value is -1.44. The molecule has 0 radical (unpaired) electrons. The van der Waals surface area contributed by atoms with Crippen LogP contribution in [0, 0.1) is 6.92 Å². The molecule has 2 N–H and O–H groups in total. The van der Waals surface area contributed by atoms with Crippen molar-refractivity contribution in [1.82, 2.24) is 15.5 Å². The third-order valence-corrected chi connectivity index (χ3v) is 4.96. The highest BCUT2D eigenvalue weighted by molar-refractivity contribution is 7.13. The molecule has 128 valence electrons. The van der Waals surface area contributed by atoms with E-state index in [2.05, 4.69) is 29.4 Å². The molecule has 1 fully saturated rings. The summed E-state index contributed by atoms with van der Waals surface area (Å²) in [5, 5.41) is 5.55. The Morgan fingerprint density at radius 2 is 1.96 bits per heavy atom. The predicted molar refractivity (Wildman–Crippen MR) is 90.9 cm³/mol. The average Bonchev–Trinajstić information content (AvgIpc) is 2.98. The molecular weight excluding hydrogens is 314 g/mol. The fourth-order valence-corrected chi connectivity index (χ4v) is 3.25. The number of amides is 2. The van der Waals surface area contributed by atoms with Crippen molar-refractivity contribution in [3.05, 3.63) is 21.9 Å². The van der Waals surface area contributed by atoms with E-state index in [4.69, 9.17) is 4.74 Å². The van der Waals surface area contributed by atoms with Crippen LogP contribution in [0.4, 0.5) is 0 Å². The summed E-state index contributed by atoms with van der Waals surface area (Å²) in [6, 6.07) is 3.67. The summed E-state index contributed by atoms with van der Waals surface area (Å²) in [5.74, 6) is -0.376. The molecule has 0 bridgehead atoms. The smallest absolute Gasteiger partial charge is 0.261 e. The number of morpholine rings is 1. The molecular formula is C16H25N3O3S. The van der Waals surface area contributed by atoms with E-state index in [1.165, 1.54) is 11.3 Å². The molecule has 1 saturated heterocycles. The van der Waals surface area contributed by atoms with E-state index in [1.54, 1.807) is 6.07 Å². The first-order chi connectivity index (χ1) is 10.9. The summed E-state index contributed by atoms with van der Waals surface area (Å²) >= 11 is 1.42. The first kappa shape index (κ1) is 17.9. The number of carbonyl (C=O) groups excluding carboxylic acids is 2. The topological polar surface area (TPSA) is 70.7 Å². The highest BCUT2D eigenvalue weighted by Gasteiger charge is 2.28. The summed E-state index contributed by atoms with van der Waals surface area (Å²) < 4.78 is 5.35. The summed E-state index contributed by atoms with van der Waals surface area (Å²) in [7, 11) is 0. The van der Waals surface area contributed by atoms with Gasteiger partial charge < -0.3 is 15.4 Å². The van der Waals surface area contributed by atoms with Gasteiger partial charge in [-0.2, -0.15) is 0 Å². The highest BCUT2D eigenvalue weighted by Crippen LogP contribution is 2.15. The lowest BCUT2D eigenvalue weighted by molar-refractivity contribution is -0.120. The minimum atomic E-state index is -0.203. The SMILES string of the molecule is Cc1ccc(C(=O)NCC(=O)NCC(C)(C)N2CCOCC2)s1. The lowest BCUT2D eigenvalue weighted by Gasteiger charge is -2.40. The molecule has 7 heteroatoms. The maximum Gasteiger partial charge on any atom is 0.261 e. The molecule has 1 aliphatic heterocycles. The van der Waals surface area contributed by atoms with Gasteiger partial charge in [-0.05, 0) is 32.9 Å². The first-order valence-electron chi connectivity index (χ1n) is 7.82. The van der Waals surface area contributed by atoms with E-state index in [-0.39, 0.29) is 23.9 Å². The van der Waals surface area contributed by atoms with Crippen molar-refractivity contribution < 1.29 is 14.3 Å². The van der Waals surface area contributed by atoms with Gasteiger partial charge in [0.2, 0.25) is 5.91 Å². The second-order valence-corrected chi connectivity index (χ2v) is 7.57. The molecule has 6 nitrogen and oxygen atoms in total. The van der Waals surface area contributed by atoms with Gasteiger partial charge in [0, 0.05) is 30.1 Å². The fraction of sp³-hybridized carbons (Fsp3) is 0.625. The summed E-state index contributed by atoms with van der Waals surface area (Å²) in [6.07, 6.45) is 0. The molecule has 1 aromatic rings. The Labute approximate surface area is 141 Å². The van der Waals surface area contributed by atoms with Gasteiger partial charge in [0.25, 0.3) is 5.91 Å². The molecule has 1 aliphatic rings. The monoisotopic (exact) mass is 339 g/mol. The third kappa shape index (κ3) is 5.30. The first-order valence-corrected chi connectivity index (χ1v) is 8.64. The molecule has 0 atom stereocenters. The molecule has 0 saturated carbocycles. The maximum atomic E-state index is 11.9. The Balaban J connectivity index is 1.73. The van der Waals surface area contributed by atoms with E-state index in [0.29, 0.717) is 11.4 Å². The van der Waals surface area contributed by atoms with Gasteiger partial charge in [0.05, 0.1) is 24.6 Å². The van der Waals surface area contributed by atoms with Crippen molar-refractivity contribution >= 4 is 23.2 Å². The number of nitrogens with zero attached hydrogens (tertiary/aromatic N) is 1. The van der Waals surface area contributed by atoms with Gasteiger partial charge in [0.1, 0.15) is 0 Å². The summed E-state index contributed by atoms with van der Waals surface area (Å²) in [4.78, 5) is 27.9. The molecule has 2 rings (SSSR count). The van der Waals surface area contributed by atoms with Crippen molar-refractivity contribution in [3.63, 3.8) is 0 Å². The van der Waals surface area contributed by atoms with E-state index >= 15 is 0 Å². The zero-order chi connectivity index (χ0) is 16.9. The van der Waals surface area contributed by atoms with Gasteiger partial charge in [-0.3, -0.25) is 14.5 Å². The van der Waals surface area contributed by atoms with E-state index < -0.39 is 0 Å². The van der Waals surface area contributed by atoms with Crippen LogP contribution in [0.3, 0.4) is 0 Å². The van der Waals surface area contributed by atoms with Crippen LogP contribution in [0.15, 0.2) is 12.1 Å². The Morgan fingerprint density at radius 3 is 2.57 bits per heavy atom. The minimum absolute atomic E-state index is 0.00499. The Bertz CT molecular complexity index is 551. The zero-order valence-electron chi connectivity index (χ0n) is 14.0. The normalized spacial score (nSPS) is 16.1. The largest absolute Gasteiger partial charge is 0.379 e. The van der Waals surface area contributed by atoms with Crippen LogP contribution >= 0.6 is 11.3 Å². The highest BCUT2D eigenvalue weighted by atomic mass is 32.1. The van der Waals surface area contributed by atoms with Crippen LogP contribution < -0.4 is 10.6 Å². The zero-order valence-corrected chi connectivity index (χ0v) is 14.8. The quantitative estimate of drug-likeness (QED) is 0.812. The van der Waals surface area contributed by atoms with E-state index in [1.807, 2.05) is 13.0 Å². The van der Waals surface area contributed by atoms with Crippen LogP contribution in [-0.4, -0.2) is 61.6 Å². The number of nitrogens with one attached hydrogen (secondary N) is 2. The fourth-order valence-electron chi connectivity index (χ4n) is 2.46. The lowest BCUT2D eigenvalue weighted by Crippen LogP contribution is -2.56. The number of aryl methyl sites for hydroxylation is 1. The van der Waals surface area contributed by atoms with Crippen molar-refractivity contribution in [2.75, 3.05) is 39.4 Å². The van der Waals surface area contributed by atoms with Crippen molar-refractivity contribution in [3.8, 4) is 0 Å². The Kier molecular flexibility index (Phi) is 6.15. The van der Waals surface area contributed by atoms with Gasteiger partial charge in [-0.15, -0.1) is 11.3 Å². The molecule has 2 amide bonds. The molecule has 0 spiro atoms. The molecule has 23 heavy (non-hydrogen) atoms. The van der Waals surface area contributed by atoms with Gasteiger partial charge in [0.15, 0.2) is 0 Å². The minimum Gasteiger partial charge on any atom is -0.379 e. The summed E-state index contributed by atoms with van der Waals surface area (Å²) in [5.41, 5.74) is -0.131. The number of ether oxygens (including phenoxy) is 1. The standard InChI is InChI=1S/C16H25N3O3S/c1-12-4-5-13(23-12)15(21)17-10-14(20)18-11-16(2,3)19-6-8-22-9-7-19/h4-5H,6-11H2,1-3H3,(H,17,21)(H,18,20). The number of hydrogen-bond acceptors (Lipinski definition) is 5. The van der Waals surface area contributed by atoms with Crippen molar-refractivity contribution in [2.24, 2.45) is 0 Å². The molecule has 0 unspecified atom stereocenters. The second-order valence-electron chi connectivity index (χ2n) is 6.28. The van der Waals surface area contributed by atoms with E-state index in [9.17, 15) is 9.59 Å². The average molecular weight is 339 g/mol. The molecule has 2 heterocycles. The molecule has 0 aliphatic carbocycles. The van der Waals surface area contributed by atoms with Crippen LogP contribution in [0.1, 0.15) is 28.4 Å². The number of rotatable bonds is 6. The van der Waals surface area contributed by atoms with Crippen LogP contribution in [0.5, 0.6) is 0 Å². The van der Waals surface area contributed by atoms with Crippen LogP contribution in [-0.2, 0) is 9.53 Å². The third-order valence-electron chi connectivity index (χ3n) is 3.96. The molecule has 1 aromatic heterocycles. The molecule has 0 aromatic carbocycles. The van der Waals surface area contributed by atoms with Crippen molar-refractivity contribution in [2.45, 2.75) is 26.3 Å². The number of carbonyl (C=O) groups is 2. The van der Waals surface area contributed by atoms with Gasteiger partial charge in [-0.25, -0.2) is 0 Å². The van der Waals surface area contributed by atoms with Gasteiger partial charge >= 0.3 is 0 Å². The van der Waals surface area contributed by atoms with Crippen molar-refractivity contribution in [1.29, 1.82) is 0 Å². The second kappa shape index (κ2) is 7.90. The lowest BCUT2D eigenvalue weighted by atomic mass is 10.0. The summed E-state index contributed by atoms with van der Waals surface area (Å²) in [6.45, 7) is 9.89. The van der Waals surface area contributed by atoms with Crippen LogP contribution in [0.2, 0.25) is 0 Å². The van der Waals surface area contributed by atoms with Gasteiger partial charge in [-0.1, -0.05) is 0 Å². The van der Waals surface area contributed by atoms with E-state index in [0.717, 1.165) is 31.2 Å².